The topological polar surface area (TPSA) is 152 Å². The highest BCUT2D eigenvalue weighted by atomic mass is 16.5. The molecule has 34 heavy (non-hydrogen) atoms. The molecule has 0 aliphatic heterocycles. The van der Waals surface area contributed by atoms with E-state index in [4.69, 9.17) is 4.74 Å². The van der Waals surface area contributed by atoms with E-state index in [1.165, 1.54) is 22.9 Å². The summed E-state index contributed by atoms with van der Waals surface area (Å²) in [6.45, 7) is 2.18. The number of benzene rings is 2. The van der Waals surface area contributed by atoms with E-state index < -0.39 is 17.3 Å². The second-order valence-corrected chi connectivity index (χ2v) is 7.26. The first kappa shape index (κ1) is 22.3. The van der Waals surface area contributed by atoms with Gasteiger partial charge in [-0.05, 0) is 42.8 Å². The summed E-state index contributed by atoms with van der Waals surface area (Å²) in [6.07, 6.45) is 1.33. The number of pyridine rings is 1. The molecule has 0 saturated heterocycles. The van der Waals surface area contributed by atoms with Crippen LogP contribution in [0.1, 0.15) is 21.6 Å². The first-order valence-electron chi connectivity index (χ1n) is 10.1. The molecule has 2 aromatic carbocycles. The number of ether oxygens (including phenoxy) is 1. The van der Waals surface area contributed by atoms with Gasteiger partial charge in [0.2, 0.25) is 5.62 Å². The van der Waals surface area contributed by atoms with E-state index in [1.54, 1.807) is 24.3 Å². The molecule has 0 aliphatic rings. The molecule has 4 aromatic rings. The van der Waals surface area contributed by atoms with Gasteiger partial charge in [0.05, 0.1) is 12.2 Å². The number of amides is 1. The van der Waals surface area contributed by atoms with Crippen LogP contribution in [0.2, 0.25) is 0 Å². The fourth-order valence-corrected chi connectivity index (χ4v) is 3.06. The Morgan fingerprint density at radius 1 is 1.00 bits per heavy atom. The normalized spacial score (nSPS) is 11.3. The highest BCUT2D eigenvalue weighted by Gasteiger charge is 2.09. The summed E-state index contributed by atoms with van der Waals surface area (Å²) in [5, 5.41) is 2.34. The maximum Gasteiger partial charge on any atom is 0.335 e. The highest BCUT2D eigenvalue weighted by Crippen LogP contribution is 2.24. The number of nitrogens with zero attached hydrogens (tertiary/aromatic N) is 4. The van der Waals surface area contributed by atoms with Gasteiger partial charge in [0.1, 0.15) is 17.2 Å². The average molecular weight is 458 g/mol. The molecule has 0 spiro atoms. The second kappa shape index (κ2) is 9.69. The standard InChI is InChI=1S/C23H18N6O5/c1-14-2-4-15(5-3-14)13-29-21(26-22(31)27-23(29)32)25-16-6-8-17(9-7-16)34-18-10-11-24-19(12-18)20(30)28-33/h2-12H,13H2,1H3,(H2,25,26,27,31,32). The minimum absolute atomic E-state index is 0.0849. The lowest BCUT2D eigenvalue weighted by molar-refractivity contribution is 0.0995. The van der Waals surface area contributed by atoms with Crippen molar-refractivity contribution in [2.75, 3.05) is 0 Å². The molecule has 0 unspecified atom stereocenters. The average Bonchev–Trinajstić information content (AvgIpc) is 2.83. The van der Waals surface area contributed by atoms with Gasteiger partial charge in [-0.15, -0.1) is 4.91 Å². The summed E-state index contributed by atoms with van der Waals surface area (Å²) in [5.41, 5.74) is 1.12. The Kier molecular flexibility index (Phi) is 6.35. The predicted octanol–water partition coefficient (Wildman–Crippen LogP) is 2.55. The van der Waals surface area contributed by atoms with E-state index in [2.05, 4.69) is 25.1 Å². The van der Waals surface area contributed by atoms with Crippen molar-refractivity contribution in [3.05, 3.63) is 115 Å². The van der Waals surface area contributed by atoms with Crippen molar-refractivity contribution in [3.63, 3.8) is 0 Å². The number of hydrogen-bond acceptors (Lipinski definition) is 7. The zero-order valence-electron chi connectivity index (χ0n) is 17.9. The molecule has 1 amide bonds. The fraction of sp³-hybridized carbons (Fsp3) is 0.0870. The third kappa shape index (κ3) is 5.27. The first-order chi connectivity index (χ1) is 16.4. The van der Waals surface area contributed by atoms with Gasteiger partial charge in [-0.2, -0.15) is 0 Å². The third-order valence-electron chi connectivity index (χ3n) is 4.75. The van der Waals surface area contributed by atoms with Crippen LogP contribution in [0.3, 0.4) is 0 Å². The lowest BCUT2D eigenvalue weighted by atomic mass is 10.1. The number of aromatic nitrogens is 4. The van der Waals surface area contributed by atoms with Crippen LogP contribution in [0.15, 0.2) is 86.6 Å². The molecule has 11 heteroatoms. The molecule has 0 saturated carbocycles. The number of nitroso groups, excluding NO2 is 1. The van der Waals surface area contributed by atoms with E-state index in [-0.39, 0.29) is 17.9 Å². The molecule has 0 atom stereocenters. The minimum Gasteiger partial charge on any atom is -0.457 e. The van der Waals surface area contributed by atoms with Crippen LogP contribution in [0.5, 0.6) is 11.5 Å². The van der Waals surface area contributed by atoms with Crippen LogP contribution < -0.4 is 21.7 Å². The van der Waals surface area contributed by atoms with E-state index >= 15 is 0 Å². The van der Waals surface area contributed by atoms with E-state index in [1.807, 2.05) is 31.2 Å². The summed E-state index contributed by atoms with van der Waals surface area (Å²) in [7, 11) is 0. The smallest absolute Gasteiger partial charge is 0.335 e. The fourth-order valence-electron chi connectivity index (χ4n) is 3.06. The molecule has 0 bridgehead atoms. The summed E-state index contributed by atoms with van der Waals surface area (Å²) < 4.78 is 7.00. The van der Waals surface area contributed by atoms with Gasteiger partial charge in [0.15, 0.2) is 0 Å². The molecule has 170 valence electrons. The van der Waals surface area contributed by atoms with Gasteiger partial charge in [0, 0.05) is 17.4 Å². The molecule has 0 fully saturated rings. The Hall–Kier alpha value is -4.93. The molecular weight excluding hydrogens is 440 g/mol. The molecule has 11 nitrogen and oxygen atoms in total. The van der Waals surface area contributed by atoms with E-state index in [9.17, 15) is 19.3 Å². The van der Waals surface area contributed by atoms with Crippen LogP contribution in [0, 0.1) is 11.8 Å². The zero-order chi connectivity index (χ0) is 24.1. The van der Waals surface area contributed by atoms with Crippen molar-refractivity contribution in [2.45, 2.75) is 13.5 Å². The van der Waals surface area contributed by atoms with Crippen molar-refractivity contribution in [3.8, 4) is 11.5 Å². The Balaban J connectivity index is 1.62. The van der Waals surface area contributed by atoms with Gasteiger partial charge in [0.25, 0.3) is 0 Å². The number of carbonyl (C=O) groups is 1. The van der Waals surface area contributed by atoms with Crippen molar-refractivity contribution in [2.24, 2.45) is 10.2 Å². The molecular formula is C23H18N6O5. The summed E-state index contributed by atoms with van der Waals surface area (Å²) in [4.78, 5) is 59.0. The summed E-state index contributed by atoms with van der Waals surface area (Å²) >= 11 is 0. The van der Waals surface area contributed by atoms with Crippen molar-refractivity contribution in [1.29, 1.82) is 0 Å². The Morgan fingerprint density at radius 3 is 2.44 bits per heavy atom. The SMILES string of the molecule is Cc1ccc(Cn2c(=O)[nH]c(=O)[nH]/c2=N\c2ccc(Oc3ccnc(C(=O)N=O)c3)cc2)cc1. The Labute approximate surface area is 191 Å². The van der Waals surface area contributed by atoms with Crippen LogP contribution in [-0.2, 0) is 6.54 Å². The number of aryl methyl sites for hydroxylation is 1. The second-order valence-electron chi connectivity index (χ2n) is 7.26. The lowest BCUT2D eigenvalue weighted by Gasteiger charge is -2.07. The molecule has 2 heterocycles. The number of carbonyl (C=O) groups excluding carboxylic acids is 1. The maximum absolute atomic E-state index is 12.4. The van der Waals surface area contributed by atoms with Gasteiger partial charge in [-0.25, -0.2) is 14.6 Å². The summed E-state index contributed by atoms with van der Waals surface area (Å²) in [5.74, 6) is -0.276. The molecule has 0 radical (unpaired) electrons. The lowest BCUT2D eigenvalue weighted by Crippen LogP contribution is -2.44. The largest absolute Gasteiger partial charge is 0.457 e. The molecule has 4 rings (SSSR count). The van der Waals surface area contributed by atoms with E-state index in [0.717, 1.165) is 11.1 Å². The van der Waals surface area contributed by atoms with Gasteiger partial charge in [-0.3, -0.25) is 24.3 Å². The van der Waals surface area contributed by atoms with Crippen LogP contribution >= 0.6 is 0 Å². The zero-order valence-corrected chi connectivity index (χ0v) is 17.9. The third-order valence-corrected chi connectivity index (χ3v) is 4.75. The predicted molar refractivity (Wildman–Crippen MR) is 122 cm³/mol. The Bertz CT molecular complexity index is 1530. The monoisotopic (exact) mass is 458 g/mol. The maximum atomic E-state index is 12.4. The number of rotatable bonds is 6. The van der Waals surface area contributed by atoms with Crippen molar-refractivity contribution >= 4 is 11.6 Å². The van der Waals surface area contributed by atoms with Crippen LogP contribution in [-0.4, -0.2) is 25.4 Å². The number of hydrogen-bond donors (Lipinski definition) is 2. The summed E-state index contributed by atoms with van der Waals surface area (Å²) in [6, 6.07) is 17.0. The highest BCUT2D eigenvalue weighted by molar-refractivity contribution is 5.93. The van der Waals surface area contributed by atoms with Gasteiger partial charge >= 0.3 is 17.3 Å². The number of H-pyrrole nitrogens is 2. The van der Waals surface area contributed by atoms with Gasteiger partial charge < -0.3 is 4.74 Å². The first-order valence-corrected chi connectivity index (χ1v) is 10.1. The molecule has 2 N–H and O–H groups in total. The number of nitrogens with one attached hydrogen (secondary N) is 2. The quantitative estimate of drug-likeness (QED) is 0.424. The van der Waals surface area contributed by atoms with Crippen molar-refractivity contribution < 1.29 is 9.53 Å². The van der Waals surface area contributed by atoms with E-state index in [0.29, 0.717) is 17.2 Å². The van der Waals surface area contributed by atoms with Gasteiger partial charge in [-0.1, -0.05) is 29.8 Å². The van der Waals surface area contributed by atoms with Crippen molar-refractivity contribution in [1.82, 2.24) is 19.5 Å². The molecule has 2 aromatic heterocycles. The number of aromatic amines is 2. The molecule has 0 aliphatic carbocycles. The minimum atomic E-state index is -0.995. The van der Waals surface area contributed by atoms with Crippen LogP contribution in [0.25, 0.3) is 0 Å². The Morgan fingerprint density at radius 2 is 1.74 bits per heavy atom. The van der Waals surface area contributed by atoms with Crippen LogP contribution in [0.4, 0.5) is 5.69 Å².